The van der Waals surface area contributed by atoms with Crippen molar-refractivity contribution in [3.8, 4) is 28.4 Å². The van der Waals surface area contributed by atoms with Gasteiger partial charge in [-0.1, -0.05) is 37.1 Å². The van der Waals surface area contributed by atoms with Crippen LogP contribution in [-0.2, 0) is 12.8 Å². The van der Waals surface area contributed by atoms with E-state index in [0.717, 1.165) is 65.0 Å². The Morgan fingerprint density at radius 1 is 0.829 bits per heavy atom. The van der Waals surface area contributed by atoms with Crippen LogP contribution in [0.25, 0.3) is 16.9 Å². The van der Waals surface area contributed by atoms with Gasteiger partial charge in [0.1, 0.15) is 23.9 Å². The molecule has 0 saturated heterocycles. The Labute approximate surface area is 212 Å². The number of unbranched alkanes of at least 4 members (excludes halogenated alkanes) is 1. The van der Waals surface area contributed by atoms with E-state index in [-0.39, 0.29) is 0 Å². The molecule has 4 aromatic rings. The van der Waals surface area contributed by atoms with Gasteiger partial charge in [0.25, 0.3) is 0 Å². The summed E-state index contributed by atoms with van der Waals surface area (Å²) >= 11 is 5.95. The van der Waals surface area contributed by atoms with Crippen molar-refractivity contribution >= 4 is 11.6 Å². The number of ether oxygens (including phenoxy) is 2. The van der Waals surface area contributed by atoms with Crippen molar-refractivity contribution in [2.45, 2.75) is 32.6 Å². The van der Waals surface area contributed by atoms with E-state index in [0.29, 0.717) is 19.8 Å². The quantitative estimate of drug-likeness (QED) is 0.247. The molecule has 0 atom stereocenters. The normalized spacial score (nSPS) is 10.9. The van der Waals surface area contributed by atoms with Gasteiger partial charge in [0, 0.05) is 41.9 Å². The highest BCUT2D eigenvalue weighted by Gasteiger charge is 2.12. The first kappa shape index (κ1) is 24.8. The molecule has 0 radical (unpaired) electrons. The third-order valence-corrected chi connectivity index (χ3v) is 6.01. The molecule has 182 valence electrons. The first-order valence-electron chi connectivity index (χ1n) is 12.2. The number of hydrogen-bond acceptors (Lipinski definition) is 4. The number of benzene rings is 3. The van der Waals surface area contributed by atoms with Crippen molar-refractivity contribution in [3.63, 3.8) is 0 Å². The molecule has 0 aliphatic heterocycles. The van der Waals surface area contributed by atoms with E-state index < -0.39 is 0 Å². The molecule has 2 N–H and O–H groups in total. The van der Waals surface area contributed by atoms with Crippen LogP contribution in [-0.4, -0.2) is 29.3 Å². The van der Waals surface area contributed by atoms with Gasteiger partial charge in [0.2, 0.25) is 0 Å². The van der Waals surface area contributed by atoms with Gasteiger partial charge in [-0.15, -0.1) is 0 Å². The molecule has 0 fully saturated rings. The number of imidazole rings is 1. The van der Waals surface area contributed by atoms with Crippen LogP contribution < -0.4 is 15.2 Å². The Balaban J connectivity index is 1.45. The minimum Gasteiger partial charge on any atom is -0.493 e. The molecule has 4 rings (SSSR count). The van der Waals surface area contributed by atoms with Crippen molar-refractivity contribution in [1.82, 2.24) is 9.55 Å². The van der Waals surface area contributed by atoms with Gasteiger partial charge in [0.15, 0.2) is 0 Å². The van der Waals surface area contributed by atoms with Crippen LogP contribution in [0.3, 0.4) is 0 Å². The maximum absolute atomic E-state index is 5.95. The maximum atomic E-state index is 5.95. The Bertz CT molecular complexity index is 1190. The van der Waals surface area contributed by atoms with Crippen molar-refractivity contribution in [1.29, 1.82) is 0 Å². The molecule has 1 heterocycles. The Morgan fingerprint density at radius 3 is 2.14 bits per heavy atom. The predicted octanol–water partition coefficient (Wildman–Crippen LogP) is 6.49. The van der Waals surface area contributed by atoms with Crippen LogP contribution in [0, 0.1) is 0 Å². The number of hydrogen-bond donors (Lipinski definition) is 1. The third-order valence-electron chi connectivity index (χ3n) is 5.76. The van der Waals surface area contributed by atoms with Gasteiger partial charge in [0.05, 0.1) is 12.3 Å². The van der Waals surface area contributed by atoms with E-state index in [9.17, 15) is 0 Å². The zero-order valence-electron chi connectivity index (χ0n) is 20.1. The largest absolute Gasteiger partial charge is 0.493 e. The fourth-order valence-electron chi connectivity index (χ4n) is 3.83. The van der Waals surface area contributed by atoms with Crippen LogP contribution >= 0.6 is 11.6 Å². The summed E-state index contributed by atoms with van der Waals surface area (Å²) in [5, 5.41) is 0.749. The van der Waals surface area contributed by atoms with E-state index in [4.69, 9.17) is 31.8 Å². The molecular formula is C29H32ClN3O2. The monoisotopic (exact) mass is 489 g/mol. The lowest BCUT2D eigenvalue weighted by molar-refractivity contribution is 0.322. The molecule has 3 aromatic carbocycles. The topological polar surface area (TPSA) is 62.3 Å². The van der Waals surface area contributed by atoms with Crippen molar-refractivity contribution in [2.24, 2.45) is 5.73 Å². The number of halogens is 1. The molecular weight excluding hydrogens is 458 g/mol. The van der Waals surface area contributed by atoms with Crippen LogP contribution in [0.4, 0.5) is 0 Å². The molecule has 0 aliphatic carbocycles. The Hall–Kier alpha value is -3.28. The van der Waals surface area contributed by atoms with Gasteiger partial charge in [-0.05, 0) is 72.6 Å². The molecule has 0 bridgehead atoms. The highest BCUT2D eigenvalue weighted by atomic mass is 35.5. The lowest BCUT2D eigenvalue weighted by Crippen LogP contribution is -2.10. The second-order valence-corrected chi connectivity index (χ2v) is 8.83. The summed E-state index contributed by atoms with van der Waals surface area (Å²) < 4.78 is 13.7. The summed E-state index contributed by atoms with van der Waals surface area (Å²) in [5.41, 5.74) is 9.82. The fourth-order valence-corrected chi connectivity index (χ4v) is 3.96. The van der Waals surface area contributed by atoms with Gasteiger partial charge in [-0.25, -0.2) is 4.98 Å². The zero-order valence-corrected chi connectivity index (χ0v) is 20.9. The van der Waals surface area contributed by atoms with Crippen molar-refractivity contribution < 1.29 is 9.47 Å². The summed E-state index contributed by atoms with van der Waals surface area (Å²) in [6.45, 7) is 3.82. The standard InChI is InChI=1S/C29H32ClN3O2/c1-2-3-4-29-32-28(21-33(29)25-11-15-27(16-12-25)35-20-18-31)23-7-13-26(14-8-23)34-19-17-22-5-9-24(30)10-6-22/h5-16,21H,2-4,17-20,31H2,1H3. The average Bonchev–Trinajstić information content (AvgIpc) is 3.32. The van der Waals surface area contributed by atoms with E-state index in [1.165, 1.54) is 5.56 Å². The minimum absolute atomic E-state index is 0.500. The van der Waals surface area contributed by atoms with E-state index >= 15 is 0 Å². The number of nitrogens with zero attached hydrogens (tertiary/aromatic N) is 2. The zero-order chi connectivity index (χ0) is 24.5. The number of aromatic nitrogens is 2. The number of nitrogens with two attached hydrogens (primary N) is 1. The van der Waals surface area contributed by atoms with Crippen LogP contribution in [0.15, 0.2) is 79.0 Å². The SMILES string of the molecule is CCCCc1nc(-c2ccc(OCCc3ccc(Cl)cc3)cc2)cn1-c1ccc(OCCN)cc1. The molecule has 5 nitrogen and oxygen atoms in total. The predicted molar refractivity (Wildman–Crippen MR) is 143 cm³/mol. The fraction of sp³-hybridized carbons (Fsp3) is 0.276. The number of rotatable bonds is 12. The van der Waals surface area contributed by atoms with Crippen LogP contribution in [0.1, 0.15) is 31.2 Å². The summed E-state index contributed by atoms with van der Waals surface area (Å²) in [5.74, 6) is 2.73. The van der Waals surface area contributed by atoms with E-state index in [1.807, 2.05) is 48.5 Å². The van der Waals surface area contributed by atoms with Gasteiger partial charge >= 0.3 is 0 Å². The first-order chi connectivity index (χ1) is 17.2. The molecule has 1 aromatic heterocycles. The number of aryl methyl sites for hydroxylation is 1. The maximum Gasteiger partial charge on any atom is 0.119 e. The highest BCUT2D eigenvalue weighted by molar-refractivity contribution is 6.30. The molecule has 0 spiro atoms. The second-order valence-electron chi connectivity index (χ2n) is 8.40. The summed E-state index contributed by atoms with van der Waals surface area (Å²) in [4.78, 5) is 4.97. The molecule has 0 saturated carbocycles. The van der Waals surface area contributed by atoms with Crippen molar-refractivity contribution in [2.75, 3.05) is 19.8 Å². The third kappa shape index (κ3) is 6.87. The van der Waals surface area contributed by atoms with Crippen LogP contribution in [0.5, 0.6) is 11.5 Å². The molecule has 0 aliphatic rings. The van der Waals surface area contributed by atoms with E-state index in [1.54, 1.807) is 0 Å². The average molecular weight is 490 g/mol. The van der Waals surface area contributed by atoms with E-state index in [2.05, 4.69) is 42.0 Å². The Morgan fingerprint density at radius 2 is 1.49 bits per heavy atom. The smallest absolute Gasteiger partial charge is 0.119 e. The minimum atomic E-state index is 0.500. The highest BCUT2D eigenvalue weighted by Crippen LogP contribution is 2.26. The Kier molecular flexibility index (Phi) is 8.82. The van der Waals surface area contributed by atoms with Gasteiger partial charge in [-0.2, -0.15) is 0 Å². The first-order valence-corrected chi connectivity index (χ1v) is 12.5. The summed E-state index contributed by atoms with van der Waals surface area (Å²) in [7, 11) is 0. The van der Waals surface area contributed by atoms with Crippen molar-refractivity contribution in [3.05, 3.63) is 95.4 Å². The molecule has 6 heteroatoms. The lowest BCUT2D eigenvalue weighted by atomic mass is 10.1. The van der Waals surface area contributed by atoms with Crippen LogP contribution in [0.2, 0.25) is 5.02 Å². The van der Waals surface area contributed by atoms with Gasteiger partial charge in [-0.3, -0.25) is 0 Å². The second kappa shape index (κ2) is 12.4. The molecule has 0 amide bonds. The molecule has 0 unspecified atom stereocenters. The van der Waals surface area contributed by atoms with Gasteiger partial charge < -0.3 is 19.8 Å². The molecule has 35 heavy (non-hydrogen) atoms. The summed E-state index contributed by atoms with van der Waals surface area (Å²) in [6.07, 6.45) is 6.08. The lowest BCUT2D eigenvalue weighted by Gasteiger charge is -2.09. The summed E-state index contributed by atoms with van der Waals surface area (Å²) in [6, 6.07) is 24.1.